The number of pyridine rings is 1. The first-order valence-electron chi connectivity index (χ1n) is 7.93. The maximum atomic E-state index is 12.4. The van der Waals surface area contributed by atoms with Crippen LogP contribution in [0.1, 0.15) is 26.4 Å². The van der Waals surface area contributed by atoms with Crippen molar-refractivity contribution in [3.05, 3.63) is 88.7 Å². The Morgan fingerprint density at radius 1 is 0.923 bits per heavy atom. The second-order valence-corrected chi connectivity index (χ2v) is 6.09. The molecule has 0 aliphatic heterocycles. The molecule has 26 heavy (non-hydrogen) atoms. The van der Waals surface area contributed by atoms with E-state index in [-0.39, 0.29) is 17.5 Å². The maximum Gasteiger partial charge on any atom is 0.274 e. The third kappa shape index (κ3) is 4.26. The van der Waals surface area contributed by atoms with Crippen LogP contribution in [0.4, 0.5) is 11.4 Å². The van der Waals surface area contributed by atoms with E-state index in [9.17, 15) is 9.59 Å². The molecule has 130 valence electrons. The van der Waals surface area contributed by atoms with Gasteiger partial charge in [-0.15, -0.1) is 0 Å². The molecule has 0 bridgehead atoms. The molecule has 0 fully saturated rings. The summed E-state index contributed by atoms with van der Waals surface area (Å²) in [6.45, 7) is 1.94. The minimum absolute atomic E-state index is 0.151. The Labute approximate surface area is 156 Å². The summed E-state index contributed by atoms with van der Waals surface area (Å²) in [6.07, 6.45) is 1.42. The van der Waals surface area contributed by atoms with E-state index in [0.29, 0.717) is 22.0 Å². The predicted molar refractivity (Wildman–Crippen MR) is 103 cm³/mol. The number of anilines is 2. The zero-order valence-corrected chi connectivity index (χ0v) is 14.7. The van der Waals surface area contributed by atoms with Gasteiger partial charge in [0, 0.05) is 17.4 Å². The van der Waals surface area contributed by atoms with Crippen LogP contribution in [0.5, 0.6) is 0 Å². The quantitative estimate of drug-likeness (QED) is 0.712. The summed E-state index contributed by atoms with van der Waals surface area (Å²) in [5, 5.41) is 5.93. The highest BCUT2D eigenvalue weighted by atomic mass is 35.5. The molecule has 1 heterocycles. The van der Waals surface area contributed by atoms with Crippen LogP contribution in [0.2, 0.25) is 5.02 Å². The number of para-hydroxylation sites is 1. The highest BCUT2D eigenvalue weighted by molar-refractivity contribution is 6.33. The molecule has 6 heteroatoms. The number of aryl methyl sites for hydroxylation is 1. The molecular weight excluding hydrogens is 350 g/mol. The molecule has 0 unspecified atom stereocenters. The van der Waals surface area contributed by atoms with Crippen LogP contribution in [0, 0.1) is 6.92 Å². The molecule has 2 aromatic carbocycles. The monoisotopic (exact) mass is 365 g/mol. The van der Waals surface area contributed by atoms with Crippen LogP contribution < -0.4 is 10.6 Å². The number of rotatable bonds is 4. The van der Waals surface area contributed by atoms with E-state index in [2.05, 4.69) is 15.6 Å². The van der Waals surface area contributed by atoms with Crippen molar-refractivity contribution in [1.29, 1.82) is 0 Å². The van der Waals surface area contributed by atoms with Crippen LogP contribution in [0.15, 0.2) is 66.9 Å². The summed E-state index contributed by atoms with van der Waals surface area (Å²) >= 11 is 6.05. The lowest BCUT2D eigenvalue weighted by molar-refractivity contribution is 0.102. The van der Waals surface area contributed by atoms with Crippen LogP contribution in [-0.2, 0) is 0 Å². The summed E-state index contributed by atoms with van der Waals surface area (Å²) in [7, 11) is 0. The fourth-order valence-corrected chi connectivity index (χ4v) is 2.55. The smallest absolute Gasteiger partial charge is 0.274 e. The molecule has 0 aliphatic carbocycles. The molecule has 0 saturated carbocycles. The largest absolute Gasteiger partial charge is 0.321 e. The average molecular weight is 366 g/mol. The fourth-order valence-electron chi connectivity index (χ4n) is 2.37. The van der Waals surface area contributed by atoms with Crippen LogP contribution in [-0.4, -0.2) is 16.8 Å². The molecule has 0 radical (unpaired) electrons. The minimum Gasteiger partial charge on any atom is -0.321 e. The van der Waals surface area contributed by atoms with Gasteiger partial charge >= 0.3 is 0 Å². The Hall–Kier alpha value is -3.18. The summed E-state index contributed by atoms with van der Waals surface area (Å²) in [5.74, 6) is -0.756. The normalized spacial score (nSPS) is 10.2. The van der Waals surface area contributed by atoms with Gasteiger partial charge in [0.25, 0.3) is 11.8 Å². The van der Waals surface area contributed by atoms with Gasteiger partial charge in [0.1, 0.15) is 5.69 Å². The van der Waals surface area contributed by atoms with Gasteiger partial charge in [-0.2, -0.15) is 0 Å². The SMILES string of the molecule is Cc1cccc(NC(=O)c2cc(C(=O)Nc3ccccc3Cl)ccn2)c1. The summed E-state index contributed by atoms with van der Waals surface area (Å²) in [5.41, 5.74) is 2.67. The van der Waals surface area contributed by atoms with Crippen LogP contribution in [0.25, 0.3) is 0 Å². The van der Waals surface area contributed by atoms with E-state index in [4.69, 9.17) is 11.6 Å². The van der Waals surface area contributed by atoms with Crippen LogP contribution >= 0.6 is 11.6 Å². The van der Waals surface area contributed by atoms with Crippen molar-refractivity contribution in [1.82, 2.24) is 4.98 Å². The molecule has 0 spiro atoms. The van der Waals surface area contributed by atoms with Crippen molar-refractivity contribution in [2.75, 3.05) is 10.6 Å². The maximum absolute atomic E-state index is 12.4. The first kappa shape index (κ1) is 17.6. The van der Waals surface area contributed by atoms with Gasteiger partial charge in [-0.05, 0) is 48.9 Å². The Balaban J connectivity index is 1.76. The zero-order valence-electron chi connectivity index (χ0n) is 14.0. The Morgan fingerprint density at radius 3 is 2.50 bits per heavy atom. The van der Waals surface area contributed by atoms with Gasteiger partial charge in [-0.3, -0.25) is 14.6 Å². The highest BCUT2D eigenvalue weighted by Crippen LogP contribution is 2.21. The standard InChI is InChI=1S/C20H16ClN3O2/c1-13-5-4-6-15(11-13)23-20(26)18-12-14(9-10-22-18)19(25)24-17-8-3-2-7-16(17)21/h2-12H,1H3,(H,23,26)(H,24,25). The van der Waals surface area contributed by atoms with E-state index in [1.807, 2.05) is 25.1 Å². The number of carbonyl (C=O) groups excluding carboxylic acids is 2. The molecule has 1 aromatic heterocycles. The van der Waals surface area contributed by atoms with E-state index < -0.39 is 0 Å². The van der Waals surface area contributed by atoms with Crippen molar-refractivity contribution in [2.45, 2.75) is 6.92 Å². The third-order valence-electron chi connectivity index (χ3n) is 3.65. The second-order valence-electron chi connectivity index (χ2n) is 5.69. The average Bonchev–Trinajstić information content (AvgIpc) is 2.63. The first-order chi connectivity index (χ1) is 12.5. The number of hydrogen-bond acceptors (Lipinski definition) is 3. The van der Waals surface area contributed by atoms with Gasteiger partial charge < -0.3 is 10.6 Å². The van der Waals surface area contributed by atoms with Crippen molar-refractivity contribution >= 4 is 34.8 Å². The minimum atomic E-state index is -0.386. The summed E-state index contributed by atoms with van der Waals surface area (Å²) < 4.78 is 0. The topological polar surface area (TPSA) is 71.1 Å². The molecule has 3 rings (SSSR count). The van der Waals surface area contributed by atoms with Crippen molar-refractivity contribution in [2.24, 2.45) is 0 Å². The lowest BCUT2D eigenvalue weighted by Crippen LogP contribution is -2.17. The second kappa shape index (κ2) is 7.80. The Bertz CT molecular complexity index is 973. The van der Waals surface area contributed by atoms with Crippen molar-refractivity contribution < 1.29 is 9.59 Å². The number of nitrogens with one attached hydrogen (secondary N) is 2. The molecule has 0 saturated heterocycles. The van der Waals surface area contributed by atoms with E-state index in [1.54, 1.807) is 30.3 Å². The third-order valence-corrected chi connectivity index (χ3v) is 3.98. The predicted octanol–water partition coefficient (Wildman–Crippen LogP) is 4.55. The zero-order chi connectivity index (χ0) is 18.5. The molecule has 3 aromatic rings. The Kier molecular flexibility index (Phi) is 5.29. The number of benzene rings is 2. The van der Waals surface area contributed by atoms with Gasteiger partial charge in [0.05, 0.1) is 10.7 Å². The number of nitrogens with zero attached hydrogens (tertiary/aromatic N) is 1. The summed E-state index contributed by atoms with van der Waals surface area (Å²) in [4.78, 5) is 28.8. The van der Waals surface area contributed by atoms with Gasteiger partial charge in [0.2, 0.25) is 0 Å². The number of hydrogen-bond donors (Lipinski definition) is 2. The lowest BCUT2D eigenvalue weighted by atomic mass is 10.2. The molecule has 2 amide bonds. The van der Waals surface area contributed by atoms with E-state index in [0.717, 1.165) is 5.56 Å². The molecule has 2 N–H and O–H groups in total. The van der Waals surface area contributed by atoms with Gasteiger partial charge in [-0.25, -0.2) is 0 Å². The van der Waals surface area contributed by atoms with E-state index in [1.165, 1.54) is 18.3 Å². The first-order valence-corrected chi connectivity index (χ1v) is 8.31. The highest BCUT2D eigenvalue weighted by Gasteiger charge is 2.13. The van der Waals surface area contributed by atoms with Crippen LogP contribution in [0.3, 0.4) is 0 Å². The number of carbonyl (C=O) groups is 2. The lowest BCUT2D eigenvalue weighted by Gasteiger charge is -2.09. The van der Waals surface area contributed by atoms with Crippen molar-refractivity contribution in [3.8, 4) is 0 Å². The van der Waals surface area contributed by atoms with Gasteiger partial charge in [-0.1, -0.05) is 35.9 Å². The molecule has 0 atom stereocenters. The molecule has 5 nitrogen and oxygen atoms in total. The summed E-state index contributed by atoms with van der Waals surface area (Å²) in [6, 6.07) is 17.3. The van der Waals surface area contributed by atoms with Gasteiger partial charge in [0.15, 0.2) is 0 Å². The molecular formula is C20H16ClN3O2. The number of amides is 2. The fraction of sp³-hybridized carbons (Fsp3) is 0.0500. The number of aromatic nitrogens is 1. The van der Waals surface area contributed by atoms with Crippen molar-refractivity contribution in [3.63, 3.8) is 0 Å². The molecule has 0 aliphatic rings. The number of halogens is 1. The Morgan fingerprint density at radius 2 is 1.73 bits per heavy atom. The van der Waals surface area contributed by atoms with E-state index >= 15 is 0 Å².